The molecule has 0 aliphatic carbocycles. The minimum absolute atomic E-state index is 0.0453. The molecule has 2 rings (SSSR count). The minimum atomic E-state index is -0.887. The predicted octanol–water partition coefficient (Wildman–Crippen LogP) is 2.82. The smallest absolute Gasteiger partial charge is 0.307 e. The van der Waals surface area contributed by atoms with Gasteiger partial charge in [-0.25, -0.2) is 8.78 Å². The summed E-state index contributed by atoms with van der Waals surface area (Å²) in [6.07, 6.45) is 0.329. The van der Waals surface area contributed by atoms with Crippen LogP contribution in [0, 0.1) is 17.6 Å². The van der Waals surface area contributed by atoms with Crippen molar-refractivity contribution in [1.29, 1.82) is 0 Å². The highest BCUT2D eigenvalue weighted by Gasteiger charge is 2.32. The Morgan fingerprint density at radius 2 is 2.05 bits per heavy atom. The topological polar surface area (TPSA) is 49.3 Å². The molecule has 2 atom stereocenters. The molecular formula is C14H17F2NO2. The van der Waals surface area contributed by atoms with Gasteiger partial charge in [0.05, 0.1) is 5.92 Å². The quantitative estimate of drug-likeness (QED) is 0.887. The van der Waals surface area contributed by atoms with Gasteiger partial charge in [-0.1, -0.05) is 13.8 Å². The molecule has 2 N–H and O–H groups in total. The van der Waals surface area contributed by atoms with Gasteiger partial charge in [0.25, 0.3) is 0 Å². The minimum Gasteiger partial charge on any atom is -0.481 e. The third-order valence-corrected chi connectivity index (χ3v) is 3.59. The molecule has 1 heterocycles. The number of rotatable bonds is 3. The Hall–Kier alpha value is -1.49. The third-order valence-electron chi connectivity index (χ3n) is 3.59. The highest BCUT2D eigenvalue weighted by molar-refractivity contribution is 5.70. The number of hydrogen-bond donors (Lipinski definition) is 2. The Morgan fingerprint density at radius 1 is 1.37 bits per heavy atom. The Balaban J connectivity index is 2.30. The van der Waals surface area contributed by atoms with E-state index in [1.54, 1.807) is 0 Å². The zero-order valence-electron chi connectivity index (χ0n) is 10.9. The molecular weight excluding hydrogens is 252 g/mol. The zero-order chi connectivity index (χ0) is 14.2. The lowest BCUT2D eigenvalue weighted by Gasteiger charge is -2.16. The van der Waals surface area contributed by atoms with Crippen LogP contribution in [0.4, 0.5) is 8.78 Å². The fourth-order valence-electron chi connectivity index (χ4n) is 2.45. The molecule has 104 valence electrons. The molecule has 0 aromatic heterocycles. The fraction of sp³-hybridized carbons (Fsp3) is 0.500. The van der Waals surface area contributed by atoms with E-state index in [0.29, 0.717) is 24.1 Å². The second-order valence-electron chi connectivity index (χ2n) is 5.28. The first-order chi connectivity index (χ1) is 8.90. The van der Waals surface area contributed by atoms with Gasteiger partial charge in [0.2, 0.25) is 0 Å². The number of carboxylic acids is 1. The van der Waals surface area contributed by atoms with Gasteiger partial charge in [-0.15, -0.1) is 0 Å². The predicted molar refractivity (Wildman–Crippen MR) is 66.9 cm³/mol. The molecule has 0 spiro atoms. The van der Waals surface area contributed by atoms with Crippen LogP contribution in [0.3, 0.4) is 0 Å². The van der Waals surface area contributed by atoms with Crippen LogP contribution in [0.2, 0.25) is 0 Å². The number of carboxylic acid groups (broad SMARTS) is 1. The third kappa shape index (κ3) is 2.76. The molecule has 3 nitrogen and oxygen atoms in total. The largest absolute Gasteiger partial charge is 0.481 e. The summed E-state index contributed by atoms with van der Waals surface area (Å²) < 4.78 is 27.5. The van der Waals surface area contributed by atoms with Gasteiger partial charge in [-0.2, -0.15) is 0 Å². The first-order valence-electron chi connectivity index (χ1n) is 6.35. The molecule has 0 saturated carbocycles. The van der Waals surface area contributed by atoms with E-state index in [0.717, 1.165) is 6.07 Å². The van der Waals surface area contributed by atoms with Crippen molar-refractivity contribution in [3.63, 3.8) is 0 Å². The maximum Gasteiger partial charge on any atom is 0.307 e. The summed E-state index contributed by atoms with van der Waals surface area (Å²) in [5, 5.41) is 11.9. The Labute approximate surface area is 110 Å². The van der Waals surface area contributed by atoms with Gasteiger partial charge in [0.15, 0.2) is 0 Å². The molecule has 19 heavy (non-hydrogen) atoms. The lowest BCUT2D eigenvalue weighted by atomic mass is 9.94. The van der Waals surface area contributed by atoms with E-state index in [4.69, 9.17) is 5.11 Å². The summed E-state index contributed by atoms with van der Waals surface area (Å²) in [5.41, 5.74) is 0.811. The van der Waals surface area contributed by atoms with Crippen molar-refractivity contribution in [2.45, 2.75) is 32.2 Å². The number of carbonyl (C=O) groups is 1. The first-order valence-corrected chi connectivity index (χ1v) is 6.35. The van der Waals surface area contributed by atoms with Crippen molar-refractivity contribution >= 4 is 5.97 Å². The van der Waals surface area contributed by atoms with Crippen LogP contribution in [0.25, 0.3) is 0 Å². The van der Waals surface area contributed by atoms with E-state index in [9.17, 15) is 13.6 Å². The molecule has 1 aliphatic rings. The van der Waals surface area contributed by atoms with Gasteiger partial charge in [-0.3, -0.25) is 4.79 Å². The molecule has 0 radical (unpaired) electrons. The van der Waals surface area contributed by atoms with Crippen LogP contribution in [0.5, 0.6) is 0 Å². The standard InChI is InChI=1S/C14H17F2NO2/c1-7(2)9-4-10(12(16)5-11(9)15)13-3-8(6-17-13)14(18)19/h4-5,7-8,13,17H,3,6H2,1-2H3,(H,18,19). The summed E-state index contributed by atoms with van der Waals surface area (Å²) in [6, 6.07) is 2.04. The molecule has 1 aliphatic heterocycles. The lowest BCUT2D eigenvalue weighted by molar-refractivity contribution is -0.141. The van der Waals surface area contributed by atoms with E-state index in [2.05, 4.69) is 5.32 Å². The Bertz CT molecular complexity index is 502. The van der Waals surface area contributed by atoms with E-state index in [1.165, 1.54) is 6.07 Å². The van der Waals surface area contributed by atoms with Crippen LogP contribution in [-0.2, 0) is 4.79 Å². The van der Waals surface area contributed by atoms with Gasteiger partial charge in [0, 0.05) is 24.2 Å². The normalized spacial score (nSPS) is 23.0. The average Bonchev–Trinajstić information content (AvgIpc) is 2.77. The number of aliphatic carboxylic acids is 1. The summed E-state index contributed by atoms with van der Waals surface area (Å²) in [6.45, 7) is 3.98. The van der Waals surface area contributed by atoms with Crippen molar-refractivity contribution in [3.8, 4) is 0 Å². The first kappa shape index (κ1) is 13.9. The Kier molecular flexibility index (Phi) is 3.85. The van der Waals surface area contributed by atoms with Crippen molar-refractivity contribution < 1.29 is 18.7 Å². The molecule has 0 amide bonds. The SMILES string of the molecule is CC(C)c1cc(C2CC(C(=O)O)CN2)c(F)cc1F. The van der Waals surface area contributed by atoms with E-state index >= 15 is 0 Å². The van der Waals surface area contributed by atoms with Crippen LogP contribution in [0.15, 0.2) is 12.1 Å². The van der Waals surface area contributed by atoms with Crippen LogP contribution in [0.1, 0.15) is 43.4 Å². The molecule has 0 bridgehead atoms. The van der Waals surface area contributed by atoms with Gasteiger partial charge in [-0.05, 0) is 24.0 Å². The second kappa shape index (κ2) is 5.25. The molecule has 1 saturated heterocycles. The van der Waals surface area contributed by atoms with E-state index in [-0.39, 0.29) is 12.0 Å². The maximum atomic E-state index is 13.8. The number of hydrogen-bond acceptors (Lipinski definition) is 2. The Morgan fingerprint density at radius 3 is 2.58 bits per heavy atom. The highest BCUT2D eigenvalue weighted by atomic mass is 19.1. The fourth-order valence-corrected chi connectivity index (χ4v) is 2.45. The summed E-state index contributed by atoms with van der Waals surface area (Å²) in [7, 11) is 0. The van der Waals surface area contributed by atoms with Crippen LogP contribution >= 0.6 is 0 Å². The summed E-state index contributed by atoms with van der Waals surface area (Å²) in [4.78, 5) is 10.9. The molecule has 1 fully saturated rings. The molecule has 1 aromatic carbocycles. The second-order valence-corrected chi connectivity index (χ2v) is 5.28. The maximum absolute atomic E-state index is 13.8. The number of benzene rings is 1. The molecule has 1 aromatic rings. The molecule has 5 heteroatoms. The van der Waals surface area contributed by atoms with Crippen LogP contribution < -0.4 is 5.32 Å². The number of halogens is 2. The van der Waals surface area contributed by atoms with Crippen molar-refractivity contribution in [2.75, 3.05) is 6.54 Å². The van der Waals surface area contributed by atoms with Gasteiger partial charge in [0.1, 0.15) is 11.6 Å². The van der Waals surface area contributed by atoms with Crippen molar-refractivity contribution in [3.05, 3.63) is 34.9 Å². The number of nitrogens with one attached hydrogen (secondary N) is 1. The lowest BCUT2D eigenvalue weighted by Crippen LogP contribution is -2.18. The molecule has 2 unspecified atom stereocenters. The highest BCUT2D eigenvalue weighted by Crippen LogP contribution is 2.32. The van der Waals surface area contributed by atoms with Gasteiger partial charge >= 0.3 is 5.97 Å². The van der Waals surface area contributed by atoms with E-state index in [1.807, 2.05) is 13.8 Å². The van der Waals surface area contributed by atoms with Gasteiger partial charge < -0.3 is 10.4 Å². The monoisotopic (exact) mass is 269 g/mol. The summed E-state index contributed by atoms with van der Waals surface area (Å²) in [5.74, 6) is -2.62. The van der Waals surface area contributed by atoms with Crippen LogP contribution in [-0.4, -0.2) is 17.6 Å². The summed E-state index contributed by atoms with van der Waals surface area (Å²) >= 11 is 0. The average molecular weight is 269 g/mol. The van der Waals surface area contributed by atoms with Crippen molar-refractivity contribution in [2.24, 2.45) is 5.92 Å². The van der Waals surface area contributed by atoms with E-state index < -0.39 is 23.5 Å². The van der Waals surface area contributed by atoms with Crippen molar-refractivity contribution in [1.82, 2.24) is 5.32 Å². The zero-order valence-corrected chi connectivity index (χ0v) is 10.9.